The minimum Gasteiger partial charge on any atom is -0.493 e. The van der Waals surface area contributed by atoms with Gasteiger partial charge in [0.05, 0.1) is 34.4 Å². The normalized spacial score (nSPS) is 12.5. The van der Waals surface area contributed by atoms with Crippen molar-refractivity contribution in [1.82, 2.24) is 9.66 Å². The van der Waals surface area contributed by atoms with Crippen LogP contribution in [0.2, 0.25) is 0 Å². The fourth-order valence-electron chi connectivity index (χ4n) is 3.00. The fourth-order valence-corrected chi connectivity index (χ4v) is 4.14. The molecule has 0 saturated carbocycles. The molecule has 0 saturated heterocycles. The molecule has 0 bridgehead atoms. The second-order valence-electron chi connectivity index (χ2n) is 6.77. The van der Waals surface area contributed by atoms with Crippen LogP contribution in [0.1, 0.15) is 44.5 Å². The molecule has 3 aromatic rings. The van der Waals surface area contributed by atoms with Crippen molar-refractivity contribution in [3.05, 3.63) is 60.1 Å². The first-order valence-corrected chi connectivity index (χ1v) is 11.5. The van der Waals surface area contributed by atoms with E-state index in [1.54, 1.807) is 19.4 Å². The van der Waals surface area contributed by atoms with E-state index in [9.17, 15) is 4.79 Å². The lowest BCUT2D eigenvalue weighted by Crippen LogP contribution is -2.23. The van der Waals surface area contributed by atoms with Crippen LogP contribution in [-0.2, 0) is 0 Å². The molecule has 6 nitrogen and oxygen atoms in total. The summed E-state index contributed by atoms with van der Waals surface area (Å²) in [6.07, 6.45) is 2.50. The van der Waals surface area contributed by atoms with Crippen molar-refractivity contribution < 1.29 is 9.47 Å². The Kier molecular flexibility index (Phi) is 7.51. The predicted octanol–water partition coefficient (Wildman–Crippen LogP) is 5.57. The maximum Gasteiger partial charge on any atom is 0.282 e. The first kappa shape index (κ1) is 22.7. The van der Waals surface area contributed by atoms with Crippen molar-refractivity contribution in [2.45, 2.75) is 33.1 Å². The molecule has 1 heterocycles. The first-order chi connectivity index (χ1) is 14.4. The number of hydrogen-bond acceptors (Lipinski definition) is 5. The lowest BCUT2D eigenvalue weighted by molar-refractivity contribution is 0.308. The van der Waals surface area contributed by atoms with Gasteiger partial charge in [-0.2, -0.15) is 9.78 Å². The standard InChI is InChI=1S/C22H23BrIN3O3/c1-5-13(3)21-26-18-8-7-15(23)11-16(18)22(28)27(21)25-12-14-9-17(24)20(30-6-2)19(10-14)29-4/h7-13H,5-6H2,1-4H3/t13-/m1/s1. The van der Waals surface area contributed by atoms with Crippen LogP contribution >= 0.6 is 38.5 Å². The SMILES string of the molecule is CCOc1c(I)cc(C=Nn2c([C@H](C)CC)nc3ccc(Br)cc3c2=O)cc1OC. The van der Waals surface area contributed by atoms with Gasteiger partial charge >= 0.3 is 0 Å². The van der Waals surface area contributed by atoms with E-state index in [4.69, 9.17) is 14.5 Å². The Morgan fingerprint density at radius 2 is 2.07 bits per heavy atom. The van der Waals surface area contributed by atoms with Gasteiger partial charge in [0, 0.05) is 10.4 Å². The summed E-state index contributed by atoms with van der Waals surface area (Å²) in [7, 11) is 1.60. The molecule has 8 heteroatoms. The summed E-state index contributed by atoms with van der Waals surface area (Å²) in [5, 5.41) is 5.04. The highest BCUT2D eigenvalue weighted by molar-refractivity contribution is 14.1. The molecular weight excluding hydrogens is 561 g/mol. The van der Waals surface area contributed by atoms with Crippen molar-refractivity contribution in [3.8, 4) is 11.5 Å². The number of aromatic nitrogens is 2. The quantitative estimate of drug-likeness (QED) is 0.269. The number of methoxy groups -OCH3 is 1. The molecule has 0 aliphatic carbocycles. The van der Waals surface area contributed by atoms with Crippen LogP contribution in [-0.4, -0.2) is 29.6 Å². The van der Waals surface area contributed by atoms with Crippen LogP contribution in [0.25, 0.3) is 10.9 Å². The van der Waals surface area contributed by atoms with Gasteiger partial charge in [-0.05, 0) is 71.8 Å². The molecule has 158 valence electrons. The van der Waals surface area contributed by atoms with Crippen molar-refractivity contribution in [3.63, 3.8) is 0 Å². The molecule has 1 aromatic heterocycles. The predicted molar refractivity (Wildman–Crippen MR) is 132 cm³/mol. The molecule has 30 heavy (non-hydrogen) atoms. The summed E-state index contributed by atoms with van der Waals surface area (Å²) >= 11 is 5.64. The van der Waals surface area contributed by atoms with Gasteiger partial charge in [-0.3, -0.25) is 4.79 Å². The van der Waals surface area contributed by atoms with Crippen molar-refractivity contribution in [2.75, 3.05) is 13.7 Å². The van der Waals surface area contributed by atoms with Gasteiger partial charge in [0.2, 0.25) is 0 Å². The second-order valence-corrected chi connectivity index (χ2v) is 8.85. The molecule has 0 unspecified atom stereocenters. The van der Waals surface area contributed by atoms with Gasteiger partial charge in [0.15, 0.2) is 11.5 Å². The Hall–Kier alpha value is -1.94. The van der Waals surface area contributed by atoms with Gasteiger partial charge in [-0.15, -0.1) is 0 Å². The number of hydrogen-bond donors (Lipinski definition) is 0. The monoisotopic (exact) mass is 583 g/mol. The fraction of sp³-hybridized carbons (Fsp3) is 0.318. The Labute approximate surface area is 197 Å². The summed E-state index contributed by atoms with van der Waals surface area (Å²) in [5.41, 5.74) is 1.28. The zero-order valence-electron chi connectivity index (χ0n) is 17.3. The maximum absolute atomic E-state index is 13.2. The number of nitrogens with zero attached hydrogens (tertiary/aromatic N) is 3. The van der Waals surface area contributed by atoms with Crippen LogP contribution in [0.4, 0.5) is 0 Å². The van der Waals surface area contributed by atoms with Gasteiger partial charge in [0.1, 0.15) is 5.82 Å². The van der Waals surface area contributed by atoms with E-state index in [0.29, 0.717) is 34.8 Å². The van der Waals surface area contributed by atoms with Crippen molar-refractivity contribution in [2.24, 2.45) is 5.10 Å². The van der Waals surface area contributed by atoms with E-state index >= 15 is 0 Å². The summed E-state index contributed by atoms with van der Waals surface area (Å²) < 4.78 is 14.3. The average Bonchev–Trinajstić information content (AvgIpc) is 2.74. The molecule has 0 radical (unpaired) electrons. The van der Waals surface area contributed by atoms with Crippen LogP contribution in [0.3, 0.4) is 0 Å². The van der Waals surface area contributed by atoms with E-state index in [-0.39, 0.29) is 11.5 Å². The van der Waals surface area contributed by atoms with Gasteiger partial charge in [-0.25, -0.2) is 4.98 Å². The van der Waals surface area contributed by atoms with Crippen molar-refractivity contribution in [1.29, 1.82) is 0 Å². The van der Waals surface area contributed by atoms with Crippen LogP contribution in [0, 0.1) is 3.57 Å². The molecule has 0 N–H and O–H groups in total. The molecule has 0 spiro atoms. The van der Waals surface area contributed by atoms with Crippen LogP contribution in [0.15, 0.2) is 44.7 Å². The zero-order valence-corrected chi connectivity index (χ0v) is 21.0. The number of ether oxygens (including phenoxy) is 2. The number of fused-ring (bicyclic) bond motifs is 1. The Balaban J connectivity index is 2.15. The maximum atomic E-state index is 13.2. The summed E-state index contributed by atoms with van der Waals surface area (Å²) in [6, 6.07) is 9.30. The highest BCUT2D eigenvalue weighted by Crippen LogP contribution is 2.33. The van der Waals surface area contributed by atoms with Crippen LogP contribution < -0.4 is 15.0 Å². The largest absolute Gasteiger partial charge is 0.493 e. The Morgan fingerprint density at radius 3 is 2.73 bits per heavy atom. The van der Waals surface area contributed by atoms with Gasteiger partial charge < -0.3 is 9.47 Å². The third-order valence-electron chi connectivity index (χ3n) is 4.75. The van der Waals surface area contributed by atoms with E-state index in [2.05, 4.69) is 50.5 Å². The van der Waals surface area contributed by atoms with Crippen LogP contribution in [0.5, 0.6) is 11.5 Å². The Morgan fingerprint density at radius 1 is 1.30 bits per heavy atom. The topological polar surface area (TPSA) is 65.7 Å². The van der Waals surface area contributed by atoms with Gasteiger partial charge in [-0.1, -0.05) is 29.8 Å². The van der Waals surface area contributed by atoms with E-state index in [0.717, 1.165) is 20.0 Å². The van der Waals surface area contributed by atoms with Crippen molar-refractivity contribution >= 4 is 55.6 Å². The smallest absolute Gasteiger partial charge is 0.282 e. The molecule has 2 aromatic carbocycles. The van der Waals surface area contributed by atoms with E-state index < -0.39 is 0 Å². The minimum absolute atomic E-state index is 0.0814. The van der Waals surface area contributed by atoms with E-state index in [1.165, 1.54) is 4.68 Å². The van der Waals surface area contributed by atoms with Gasteiger partial charge in [0.25, 0.3) is 5.56 Å². The van der Waals surface area contributed by atoms with E-state index in [1.807, 2.05) is 38.1 Å². The average molecular weight is 584 g/mol. The number of benzene rings is 2. The highest BCUT2D eigenvalue weighted by Gasteiger charge is 2.16. The summed E-state index contributed by atoms with van der Waals surface area (Å²) in [5.74, 6) is 2.05. The molecule has 0 aliphatic rings. The molecule has 1 atom stereocenters. The molecule has 0 aliphatic heterocycles. The second kappa shape index (κ2) is 9.91. The highest BCUT2D eigenvalue weighted by atomic mass is 127. The Bertz CT molecular complexity index is 1160. The summed E-state index contributed by atoms with van der Waals surface area (Å²) in [6.45, 7) is 6.59. The molecule has 3 rings (SSSR count). The third-order valence-corrected chi connectivity index (χ3v) is 6.04. The third kappa shape index (κ3) is 4.69. The summed E-state index contributed by atoms with van der Waals surface area (Å²) in [4.78, 5) is 17.9. The lowest BCUT2D eigenvalue weighted by Gasteiger charge is -2.14. The molecule has 0 fully saturated rings. The minimum atomic E-state index is -0.194. The lowest BCUT2D eigenvalue weighted by atomic mass is 10.1. The number of rotatable bonds is 7. The first-order valence-electron chi connectivity index (χ1n) is 9.66. The molecule has 0 amide bonds. The molecular formula is C22H23BrIN3O3. The zero-order chi connectivity index (χ0) is 21.8. The number of halogens is 2.